The van der Waals surface area contributed by atoms with Gasteiger partial charge in [-0.2, -0.15) is 4.37 Å². The Bertz CT molecular complexity index is 1230. The van der Waals surface area contributed by atoms with E-state index in [-0.39, 0.29) is 18.0 Å². The van der Waals surface area contributed by atoms with Crippen LogP contribution in [0.5, 0.6) is 0 Å². The van der Waals surface area contributed by atoms with E-state index in [9.17, 15) is 4.79 Å². The molecule has 3 aromatic carbocycles. The van der Waals surface area contributed by atoms with E-state index in [0.29, 0.717) is 24.4 Å². The fourth-order valence-corrected chi connectivity index (χ4v) is 5.04. The van der Waals surface area contributed by atoms with E-state index in [1.165, 1.54) is 17.1 Å². The van der Waals surface area contributed by atoms with Crippen LogP contribution >= 0.6 is 23.1 Å². The van der Waals surface area contributed by atoms with Gasteiger partial charge in [-0.1, -0.05) is 84.4 Å². The summed E-state index contributed by atoms with van der Waals surface area (Å²) >= 11 is 7.37. The van der Waals surface area contributed by atoms with Crippen LogP contribution < -0.4 is 10.2 Å². The first kappa shape index (κ1) is 25.9. The number of halogens is 1. The summed E-state index contributed by atoms with van der Waals surface area (Å²) in [6.45, 7) is 4.80. The molecule has 1 unspecified atom stereocenters. The number of aromatic nitrogens is 2. The first-order valence-corrected chi connectivity index (χ1v) is 13.3. The van der Waals surface area contributed by atoms with Crippen molar-refractivity contribution in [2.24, 2.45) is 0 Å². The van der Waals surface area contributed by atoms with Crippen molar-refractivity contribution in [1.29, 1.82) is 0 Å². The van der Waals surface area contributed by atoms with Gasteiger partial charge >= 0.3 is 0 Å². The van der Waals surface area contributed by atoms with Gasteiger partial charge in [-0.25, -0.2) is 4.98 Å². The Balaban J connectivity index is 1.39. The van der Waals surface area contributed by atoms with Crippen LogP contribution in [0.25, 0.3) is 0 Å². The monoisotopic (exact) mass is 518 g/mol. The van der Waals surface area contributed by atoms with Gasteiger partial charge in [-0.3, -0.25) is 4.79 Å². The normalized spacial score (nSPS) is 11.9. The number of benzene rings is 3. The largest absolute Gasteiger partial charge is 0.349 e. The number of carbonyl (C=O) groups is 1. The molecule has 5 nitrogen and oxygen atoms in total. The summed E-state index contributed by atoms with van der Waals surface area (Å²) in [5.41, 5.74) is 3.41. The third-order valence-corrected chi connectivity index (χ3v) is 7.04. The maximum Gasteiger partial charge on any atom is 0.222 e. The summed E-state index contributed by atoms with van der Waals surface area (Å²) in [5, 5.41) is 4.82. The summed E-state index contributed by atoms with van der Waals surface area (Å²) in [6.07, 6.45) is 1.77. The number of hydrogen-bond donors (Lipinski definition) is 1. The predicted molar refractivity (Wildman–Crippen MR) is 149 cm³/mol. The van der Waals surface area contributed by atoms with Crippen molar-refractivity contribution >= 4 is 34.2 Å². The second-order valence-corrected chi connectivity index (χ2v) is 10.2. The zero-order valence-corrected chi connectivity index (χ0v) is 22.2. The molecule has 0 aliphatic rings. The molecule has 0 spiro atoms. The summed E-state index contributed by atoms with van der Waals surface area (Å²) in [7, 11) is 0. The van der Waals surface area contributed by atoms with Gasteiger partial charge in [-0.15, -0.1) is 0 Å². The van der Waals surface area contributed by atoms with Crippen LogP contribution in [0, 0.1) is 0 Å². The molecule has 0 saturated heterocycles. The predicted octanol–water partition coefficient (Wildman–Crippen LogP) is 6.49. The van der Waals surface area contributed by atoms with Gasteiger partial charge < -0.3 is 10.2 Å². The SMILES string of the molecule is CC(C)N(CCC(=O)NC(Cc1ccccc1)c1ccccc1)c1nc(Cc2ccc(Cl)cc2)ns1. The Morgan fingerprint density at radius 1 is 0.944 bits per heavy atom. The Labute approximate surface area is 222 Å². The Morgan fingerprint density at radius 3 is 2.28 bits per heavy atom. The molecular formula is C29H31ClN4OS. The Kier molecular flexibility index (Phi) is 9.09. The van der Waals surface area contributed by atoms with Crippen molar-refractivity contribution in [2.75, 3.05) is 11.4 Å². The average molecular weight is 519 g/mol. The highest BCUT2D eigenvalue weighted by molar-refractivity contribution is 7.09. The number of nitrogens with zero attached hydrogens (tertiary/aromatic N) is 3. The number of anilines is 1. The van der Waals surface area contributed by atoms with Gasteiger partial charge in [-0.05, 0) is 49.1 Å². The average Bonchev–Trinajstić information content (AvgIpc) is 3.34. The second kappa shape index (κ2) is 12.7. The van der Waals surface area contributed by atoms with Crippen molar-refractivity contribution in [3.05, 3.63) is 112 Å². The molecule has 1 heterocycles. The number of hydrogen-bond acceptors (Lipinski definition) is 5. The maximum atomic E-state index is 13.1. The van der Waals surface area contributed by atoms with Gasteiger partial charge in [0.1, 0.15) is 5.82 Å². The molecule has 36 heavy (non-hydrogen) atoms. The number of nitrogens with one attached hydrogen (secondary N) is 1. The van der Waals surface area contributed by atoms with E-state index >= 15 is 0 Å². The highest BCUT2D eigenvalue weighted by Gasteiger charge is 2.20. The molecule has 7 heteroatoms. The van der Waals surface area contributed by atoms with Crippen LogP contribution in [0.2, 0.25) is 5.02 Å². The Hall–Kier alpha value is -3.22. The van der Waals surface area contributed by atoms with E-state index in [4.69, 9.17) is 16.6 Å². The van der Waals surface area contributed by atoms with E-state index < -0.39 is 0 Å². The minimum absolute atomic E-state index is 0.0244. The number of rotatable bonds is 11. The summed E-state index contributed by atoms with van der Waals surface area (Å²) in [4.78, 5) is 20.0. The highest BCUT2D eigenvalue weighted by atomic mass is 35.5. The van der Waals surface area contributed by atoms with E-state index in [0.717, 1.165) is 28.5 Å². The molecule has 1 N–H and O–H groups in total. The molecule has 0 fully saturated rings. The molecule has 0 aliphatic heterocycles. The molecule has 1 atom stereocenters. The lowest BCUT2D eigenvalue weighted by atomic mass is 9.98. The van der Waals surface area contributed by atoms with Crippen molar-refractivity contribution in [1.82, 2.24) is 14.7 Å². The van der Waals surface area contributed by atoms with Crippen molar-refractivity contribution < 1.29 is 4.79 Å². The summed E-state index contributed by atoms with van der Waals surface area (Å²) in [5.74, 6) is 0.802. The van der Waals surface area contributed by atoms with Crippen molar-refractivity contribution in [3.63, 3.8) is 0 Å². The van der Waals surface area contributed by atoms with Crippen molar-refractivity contribution in [3.8, 4) is 0 Å². The van der Waals surface area contributed by atoms with E-state index in [2.05, 4.69) is 52.7 Å². The molecule has 0 aliphatic carbocycles. The standard InChI is InChI=1S/C29H31ClN4OS/c1-21(2)34(29-32-27(33-36-29)20-23-13-15-25(30)16-14-23)18-17-28(35)31-26(24-11-7-4-8-12-24)19-22-9-5-3-6-10-22/h3-16,21,26H,17-20H2,1-2H3,(H,31,35). The first-order chi connectivity index (χ1) is 17.5. The van der Waals surface area contributed by atoms with Crippen LogP contribution in [0.1, 0.15) is 48.8 Å². The molecule has 1 aromatic heterocycles. The molecule has 1 amide bonds. The zero-order valence-electron chi connectivity index (χ0n) is 20.6. The van der Waals surface area contributed by atoms with Gasteiger partial charge in [0.05, 0.1) is 6.04 Å². The minimum atomic E-state index is -0.0823. The zero-order chi connectivity index (χ0) is 25.3. The second-order valence-electron chi connectivity index (χ2n) is 9.05. The number of amides is 1. The topological polar surface area (TPSA) is 58.1 Å². The van der Waals surface area contributed by atoms with Gasteiger partial charge in [0.15, 0.2) is 0 Å². The van der Waals surface area contributed by atoms with Crippen LogP contribution in [-0.4, -0.2) is 27.9 Å². The first-order valence-electron chi connectivity index (χ1n) is 12.2. The maximum absolute atomic E-state index is 13.1. The van der Waals surface area contributed by atoms with Crippen LogP contribution in [0.15, 0.2) is 84.9 Å². The third kappa shape index (κ3) is 7.39. The Morgan fingerprint density at radius 2 is 1.61 bits per heavy atom. The van der Waals surface area contributed by atoms with Crippen molar-refractivity contribution in [2.45, 2.75) is 45.2 Å². The van der Waals surface area contributed by atoms with E-state index in [1.807, 2.05) is 60.7 Å². The lowest BCUT2D eigenvalue weighted by Crippen LogP contribution is -2.36. The lowest BCUT2D eigenvalue weighted by Gasteiger charge is -2.26. The van der Waals surface area contributed by atoms with Crippen LogP contribution in [0.4, 0.5) is 5.13 Å². The van der Waals surface area contributed by atoms with Gasteiger partial charge in [0.25, 0.3) is 0 Å². The van der Waals surface area contributed by atoms with Gasteiger partial charge in [0.2, 0.25) is 11.0 Å². The van der Waals surface area contributed by atoms with E-state index in [1.54, 1.807) is 0 Å². The minimum Gasteiger partial charge on any atom is -0.349 e. The molecule has 4 aromatic rings. The third-order valence-electron chi connectivity index (χ3n) is 6.00. The fourth-order valence-electron chi connectivity index (χ4n) is 4.07. The van der Waals surface area contributed by atoms with Crippen LogP contribution in [0.3, 0.4) is 0 Å². The highest BCUT2D eigenvalue weighted by Crippen LogP contribution is 2.23. The lowest BCUT2D eigenvalue weighted by molar-refractivity contribution is -0.121. The fraction of sp³-hybridized carbons (Fsp3) is 0.276. The quantitative estimate of drug-likeness (QED) is 0.246. The summed E-state index contributed by atoms with van der Waals surface area (Å²) in [6, 6.07) is 28.3. The molecule has 4 rings (SSSR count). The van der Waals surface area contributed by atoms with Crippen LogP contribution in [-0.2, 0) is 17.6 Å². The smallest absolute Gasteiger partial charge is 0.222 e. The molecule has 186 valence electrons. The molecule has 0 saturated carbocycles. The number of carbonyl (C=O) groups excluding carboxylic acids is 1. The van der Waals surface area contributed by atoms with Gasteiger partial charge in [0, 0.05) is 42.0 Å². The summed E-state index contributed by atoms with van der Waals surface area (Å²) < 4.78 is 4.55. The molecular weight excluding hydrogens is 488 g/mol. The molecule has 0 bridgehead atoms. The molecule has 0 radical (unpaired) electrons.